The molecule has 0 aliphatic heterocycles. The van der Waals surface area contributed by atoms with Gasteiger partial charge in [-0.3, -0.25) is 0 Å². The number of rotatable bonds is 11. The van der Waals surface area contributed by atoms with E-state index in [2.05, 4.69) is 6.92 Å². The predicted octanol–water partition coefficient (Wildman–Crippen LogP) is 5.55. The maximum Gasteiger partial charge on any atom is 0.338 e. The van der Waals surface area contributed by atoms with Crippen molar-refractivity contribution in [3.05, 3.63) is 35.4 Å². The Bertz CT molecular complexity index is 381. The molecule has 0 spiro atoms. The molecule has 0 N–H and O–H groups in total. The third-order valence-electron chi connectivity index (χ3n) is 3.78. The first-order valence-corrected chi connectivity index (χ1v) is 8.54. The van der Waals surface area contributed by atoms with Crippen LogP contribution in [-0.4, -0.2) is 12.6 Å². The van der Waals surface area contributed by atoms with Gasteiger partial charge in [0.05, 0.1) is 12.2 Å². The van der Waals surface area contributed by atoms with Crippen LogP contribution in [0.15, 0.2) is 24.3 Å². The molecule has 0 amide bonds. The molecule has 0 aliphatic carbocycles. The van der Waals surface area contributed by atoms with Gasteiger partial charge in [-0.15, -0.1) is 0 Å². The fourth-order valence-corrected chi connectivity index (χ4v) is 2.48. The zero-order valence-electron chi connectivity index (χ0n) is 13.7. The third kappa shape index (κ3) is 7.89. The van der Waals surface area contributed by atoms with Crippen molar-refractivity contribution in [2.75, 3.05) is 6.61 Å². The summed E-state index contributed by atoms with van der Waals surface area (Å²) in [6, 6.07) is 7.84. The number of carbonyl (C=O) groups is 1. The second-order valence-electron chi connectivity index (χ2n) is 5.64. The first-order chi connectivity index (χ1) is 10.3. The molecular weight excluding hydrogens is 260 g/mol. The molecule has 0 unspecified atom stereocenters. The number of ether oxygens (including phenoxy) is 1. The average Bonchev–Trinajstić information content (AvgIpc) is 2.51. The number of aryl methyl sites for hydroxylation is 1. The first-order valence-electron chi connectivity index (χ1n) is 8.54. The van der Waals surface area contributed by atoms with Crippen molar-refractivity contribution < 1.29 is 9.53 Å². The summed E-state index contributed by atoms with van der Waals surface area (Å²) in [4.78, 5) is 11.5. The van der Waals surface area contributed by atoms with E-state index in [1.807, 2.05) is 31.2 Å². The molecule has 1 aromatic rings. The van der Waals surface area contributed by atoms with Gasteiger partial charge in [-0.05, 0) is 37.5 Å². The molecule has 0 aromatic heterocycles. The summed E-state index contributed by atoms with van der Waals surface area (Å²) in [6.45, 7) is 4.51. The van der Waals surface area contributed by atoms with E-state index in [1.165, 1.54) is 56.9 Å². The molecule has 118 valence electrons. The normalized spacial score (nSPS) is 10.6. The lowest BCUT2D eigenvalue weighted by molar-refractivity contribution is 0.0526. The molecule has 0 aliphatic rings. The fourth-order valence-electron chi connectivity index (χ4n) is 2.48. The van der Waals surface area contributed by atoms with Gasteiger partial charge in [0.15, 0.2) is 0 Å². The van der Waals surface area contributed by atoms with E-state index in [1.54, 1.807) is 0 Å². The van der Waals surface area contributed by atoms with Crippen molar-refractivity contribution in [3.8, 4) is 0 Å². The largest absolute Gasteiger partial charge is 0.462 e. The van der Waals surface area contributed by atoms with Gasteiger partial charge < -0.3 is 4.74 Å². The SMILES string of the molecule is CCCCCCCCCCc1ccc(C(=O)OCC)cc1. The second-order valence-corrected chi connectivity index (χ2v) is 5.64. The van der Waals surface area contributed by atoms with Gasteiger partial charge in [-0.1, -0.05) is 64.0 Å². The number of carbonyl (C=O) groups excluding carboxylic acids is 1. The highest BCUT2D eigenvalue weighted by atomic mass is 16.5. The van der Waals surface area contributed by atoms with Crippen LogP contribution >= 0.6 is 0 Å². The molecule has 2 nitrogen and oxygen atoms in total. The van der Waals surface area contributed by atoms with E-state index in [9.17, 15) is 4.79 Å². The average molecular weight is 290 g/mol. The van der Waals surface area contributed by atoms with E-state index in [0.29, 0.717) is 12.2 Å². The standard InChI is InChI=1S/C19H30O2/c1-3-5-6-7-8-9-10-11-12-17-13-15-18(16-14-17)19(20)21-4-2/h13-16H,3-12H2,1-2H3. The minimum Gasteiger partial charge on any atom is -0.462 e. The monoisotopic (exact) mass is 290 g/mol. The van der Waals surface area contributed by atoms with Crippen LogP contribution in [0.25, 0.3) is 0 Å². The van der Waals surface area contributed by atoms with Gasteiger partial charge in [-0.2, -0.15) is 0 Å². The molecule has 0 fully saturated rings. The molecule has 0 bridgehead atoms. The summed E-state index contributed by atoms with van der Waals surface area (Å²) in [7, 11) is 0. The van der Waals surface area contributed by atoms with E-state index < -0.39 is 0 Å². The molecule has 0 saturated carbocycles. The maximum absolute atomic E-state index is 11.5. The minimum atomic E-state index is -0.226. The molecule has 0 radical (unpaired) electrons. The van der Waals surface area contributed by atoms with E-state index in [0.717, 1.165) is 6.42 Å². The Balaban J connectivity index is 2.14. The van der Waals surface area contributed by atoms with Crippen molar-refractivity contribution >= 4 is 5.97 Å². The van der Waals surface area contributed by atoms with E-state index >= 15 is 0 Å². The van der Waals surface area contributed by atoms with Gasteiger partial charge >= 0.3 is 5.97 Å². The zero-order valence-corrected chi connectivity index (χ0v) is 13.7. The van der Waals surface area contributed by atoms with Crippen LogP contribution in [0.1, 0.15) is 81.1 Å². The zero-order chi connectivity index (χ0) is 15.3. The quantitative estimate of drug-likeness (QED) is 0.394. The fraction of sp³-hybridized carbons (Fsp3) is 0.632. The Hall–Kier alpha value is -1.31. The van der Waals surface area contributed by atoms with Gasteiger partial charge in [0, 0.05) is 0 Å². The Morgan fingerprint density at radius 1 is 0.857 bits per heavy atom. The highest BCUT2D eigenvalue weighted by Crippen LogP contribution is 2.12. The minimum absolute atomic E-state index is 0.226. The maximum atomic E-state index is 11.5. The summed E-state index contributed by atoms with van der Waals surface area (Å²) in [5, 5.41) is 0. The lowest BCUT2D eigenvalue weighted by Gasteiger charge is -2.05. The summed E-state index contributed by atoms with van der Waals surface area (Å²) < 4.78 is 4.98. The van der Waals surface area contributed by atoms with Crippen LogP contribution < -0.4 is 0 Å². The topological polar surface area (TPSA) is 26.3 Å². The second kappa shape index (κ2) is 11.4. The Morgan fingerprint density at radius 3 is 2.00 bits per heavy atom. The van der Waals surface area contributed by atoms with Crippen LogP contribution in [-0.2, 0) is 11.2 Å². The van der Waals surface area contributed by atoms with Crippen LogP contribution in [0.4, 0.5) is 0 Å². The number of hydrogen-bond donors (Lipinski definition) is 0. The Labute approximate surface area is 129 Å². The van der Waals surface area contributed by atoms with E-state index in [-0.39, 0.29) is 5.97 Å². The van der Waals surface area contributed by atoms with Gasteiger partial charge in [0.25, 0.3) is 0 Å². The third-order valence-corrected chi connectivity index (χ3v) is 3.78. The van der Waals surface area contributed by atoms with Crippen molar-refractivity contribution in [3.63, 3.8) is 0 Å². The van der Waals surface area contributed by atoms with Crippen LogP contribution in [0.2, 0.25) is 0 Å². The molecule has 2 heteroatoms. The highest BCUT2D eigenvalue weighted by Gasteiger charge is 2.05. The molecular formula is C19H30O2. The summed E-state index contributed by atoms with van der Waals surface area (Å²) in [5.74, 6) is -0.226. The summed E-state index contributed by atoms with van der Waals surface area (Å²) in [5.41, 5.74) is 1.96. The lowest BCUT2D eigenvalue weighted by atomic mass is 10.0. The highest BCUT2D eigenvalue weighted by molar-refractivity contribution is 5.89. The number of esters is 1. The van der Waals surface area contributed by atoms with E-state index in [4.69, 9.17) is 4.74 Å². The Kier molecular flexibility index (Phi) is 9.60. The molecule has 1 aromatic carbocycles. The molecule has 0 saturated heterocycles. The molecule has 0 heterocycles. The Morgan fingerprint density at radius 2 is 1.43 bits per heavy atom. The van der Waals surface area contributed by atoms with Crippen LogP contribution in [0, 0.1) is 0 Å². The number of hydrogen-bond acceptors (Lipinski definition) is 2. The smallest absolute Gasteiger partial charge is 0.338 e. The predicted molar refractivity (Wildman–Crippen MR) is 88.7 cm³/mol. The van der Waals surface area contributed by atoms with Crippen LogP contribution in [0.3, 0.4) is 0 Å². The van der Waals surface area contributed by atoms with Crippen LogP contribution in [0.5, 0.6) is 0 Å². The van der Waals surface area contributed by atoms with Gasteiger partial charge in [0.1, 0.15) is 0 Å². The lowest BCUT2D eigenvalue weighted by Crippen LogP contribution is -2.04. The van der Waals surface area contributed by atoms with Crippen molar-refractivity contribution in [2.45, 2.75) is 71.6 Å². The van der Waals surface area contributed by atoms with Crippen molar-refractivity contribution in [1.29, 1.82) is 0 Å². The summed E-state index contributed by atoms with van der Waals surface area (Å²) in [6.07, 6.45) is 11.9. The summed E-state index contributed by atoms with van der Waals surface area (Å²) >= 11 is 0. The first kappa shape index (κ1) is 17.7. The number of benzene rings is 1. The molecule has 1 rings (SSSR count). The van der Waals surface area contributed by atoms with Gasteiger partial charge in [0.2, 0.25) is 0 Å². The molecule has 21 heavy (non-hydrogen) atoms. The van der Waals surface area contributed by atoms with Gasteiger partial charge in [-0.25, -0.2) is 4.79 Å². The van der Waals surface area contributed by atoms with Crippen molar-refractivity contribution in [1.82, 2.24) is 0 Å². The number of unbranched alkanes of at least 4 members (excludes halogenated alkanes) is 7. The molecule has 0 atom stereocenters. The van der Waals surface area contributed by atoms with Crippen molar-refractivity contribution in [2.24, 2.45) is 0 Å².